The van der Waals surface area contributed by atoms with E-state index >= 15 is 0 Å². The SMILES string of the molecule is Cc1ncc([N+](=O)[O-])n1CCCC(=O)C(N)CCC(=O)CC(CC(=O)O)C(=O)O. The maximum atomic E-state index is 12.1. The molecule has 12 heteroatoms. The van der Waals surface area contributed by atoms with Crippen LogP contribution in [0.15, 0.2) is 6.20 Å². The summed E-state index contributed by atoms with van der Waals surface area (Å²) in [5, 5.41) is 28.5. The van der Waals surface area contributed by atoms with Crippen LogP contribution >= 0.6 is 0 Å². The third-order valence-corrected chi connectivity index (χ3v) is 4.42. The average molecular weight is 412 g/mol. The molecule has 4 N–H and O–H groups in total. The molecule has 1 heterocycles. The van der Waals surface area contributed by atoms with E-state index in [9.17, 15) is 29.3 Å². The number of nitrogens with two attached hydrogens (primary N) is 1. The summed E-state index contributed by atoms with van der Waals surface area (Å²) < 4.78 is 1.39. The standard InChI is InChI=1S/C17H24N4O8/c1-10-19-9-15(21(28)29)20(10)6-2-3-14(23)13(18)5-4-12(22)7-11(17(26)27)8-16(24)25/h9,11,13H,2-8,18H2,1H3,(H,24,25)(H,26,27). The van der Waals surface area contributed by atoms with Gasteiger partial charge in [0.05, 0.1) is 24.9 Å². The van der Waals surface area contributed by atoms with Gasteiger partial charge in [-0.05, 0) is 17.8 Å². The van der Waals surface area contributed by atoms with E-state index < -0.39 is 47.4 Å². The highest BCUT2D eigenvalue weighted by Crippen LogP contribution is 2.16. The second kappa shape index (κ2) is 11.0. The van der Waals surface area contributed by atoms with Crippen molar-refractivity contribution in [3.63, 3.8) is 0 Å². The van der Waals surface area contributed by atoms with E-state index in [0.717, 1.165) is 6.20 Å². The lowest BCUT2D eigenvalue weighted by Crippen LogP contribution is -2.31. The number of hydrogen-bond donors (Lipinski definition) is 3. The Labute approximate surface area is 165 Å². The number of aryl methyl sites for hydroxylation is 1. The van der Waals surface area contributed by atoms with Crippen molar-refractivity contribution in [3.05, 3.63) is 22.1 Å². The van der Waals surface area contributed by atoms with Crippen molar-refractivity contribution in [2.45, 2.75) is 58.0 Å². The molecule has 1 rings (SSSR count). The molecule has 0 saturated carbocycles. The molecule has 1 aromatic heterocycles. The molecule has 12 nitrogen and oxygen atoms in total. The lowest BCUT2D eigenvalue weighted by molar-refractivity contribution is -0.392. The number of rotatable bonds is 14. The van der Waals surface area contributed by atoms with Gasteiger partial charge in [-0.15, -0.1) is 0 Å². The maximum absolute atomic E-state index is 12.1. The van der Waals surface area contributed by atoms with Crippen LogP contribution in [0.2, 0.25) is 0 Å². The first-order valence-electron chi connectivity index (χ1n) is 8.94. The van der Waals surface area contributed by atoms with Crippen molar-refractivity contribution < 1.29 is 34.3 Å². The molecule has 0 radical (unpaired) electrons. The Balaban J connectivity index is 2.44. The molecule has 2 atom stereocenters. The van der Waals surface area contributed by atoms with Crippen molar-refractivity contribution in [1.29, 1.82) is 0 Å². The van der Waals surface area contributed by atoms with Gasteiger partial charge in [0.1, 0.15) is 17.8 Å². The second-order valence-corrected chi connectivity index (χ2v) is 6.66. The van der Waals surface area contributed by atoms with Crippen molar-refractivity contribution in [1.82, 2.24) is 9.55 Å². The summed E-state index contributed by atoms with van der Waals surface area (Å²) >= 11 is 0. The molecule has 0 aromatic carbocycles. The fourth-order valence-corrected chi connectivity index (χ4v) is 2.79. The lowest BCUT2D eigenvalue weighted by Gasteiger charge is -2.12. The van der Waals surface area contributed by atoms with Crippen LogP contribution in [0, 0.1) is 23.0 Å². The van der Waals surface area contributed by atoms with E-state index in [1.165, 1.54) is 4.57 Å². The predicted octanol–water partition coefficient (Wildman–Crippen LogP) is 0.691. The molecule has 0 bridgehead atoms. The summed E-state index contributed by atoms with van der Waals surface area (Å²) in [6.45, 7) is 1.83. The lowest BCUT2D eigenvalue weighted by atomic mass is 9.95. The topological polar surface area (TPSA) is 196 Å². The van der Waals surface area contributed by atoms with Crippen LogP contribution in [0.1, 0.15) is 44.3 Å². The summed E-state index contributed by atoms with van der Waals surface area (Å²) in [4.78, 5) is 59.8. The quantitative estimate of drug-likeness (QED) is 0.289. The zero-order valence-electron chi connectivity index (χ0n) is 15.9. The molecule has 2 unspecified atom stereocenters. The second-order valence-electron chi connectivity index (χ2n) is 6.66. The van der Waals surface area contributed by atoms with Gasteiger partial charge < -0.3 is 26.1 Å². The van der Waals surface area contributed by atoms with Gasteiger partial charge in [0.2, 0.25) is 0 Å². The number of hydrogen-bond acceptors (Lipinski definition) is 8. The molecular weight excluding hydrogens is 388 g/mol. The number of nitrogens with zero attached hydrogens (tertiary/aromatic N) is 3. The van der Waals surface area contributed by atoms with E-state index in [2.05, 4.69) is 4.98 Å². The fraction of sp³-hybridized carbons (Fsp3) is 0.588. The van der Waals surface area contributed by atoms with Gasteiger partial charge in [0.15, 0.2) is 5.82 Å². The number of carbonyl (C=O) groups excluding carboxylic acids is 2. The average Bonchev–Trinajstić information content (AvgIpc) is 2.99. The van der Waals surface area contributed by atoms with Crippen molar-refractivity contribution in [2.75, 3.05) is 0 Å². The molecule has 0 saturated heterocycles. The van der Waals surface area contributed by atoms with E-state index in [1.807, 2.05) is 0 Å². The van der Waals surface area contributed by atoms with Crippen molar-refractivity contribution in [3.8, 4) is 0 Å². The van der Waals surface area contributed by atoms with Gasteiger partial charge in [-0.25, -0.2) is 9.55 Å². The minimum absolute atomic E-state index is 0.0152. The maximum Gasteiger partial charge on any atom is 0.342 e. The van der Waals surface area contributed by atoms with E-state index in [-0.39, 0.29) is 37.4 Å². The van der Waals surface area contributed by atoms with Crippen LogP contribution in [0.5, 0.6) is 0 Å². The van der Waals surface area contributed by atoms with E-state index in [1.54, 1.807) is 6.92 Å². The number of ketones is 2. The van der Waals surface area contributed by atoms with E-state index in [4.69, 9.17) is 15.9 Å². The minimum Gasteiger partial charge on any atom is -0.481 e. The molecule has 0 aliphatic carbocycles. The highest BCUT2D eigenvalue weighted by Gasteiger charge is 2.25. The van der Waals surface area contributed by atoms with Crippen molar-refractivity contribution >= 4 is 29.3 Å². The highest BCUT2D eigenvalue weighted by atomic mass is 16.6. The Hall–Kier alpha value is -3.15. The number of aromatic nitrogens is 2. The van der Waals surface area contributed by atoms with Crippen LogP contribution < -0.4 is 5.73 Å². The number of carboxylic acid groups (broad SMARTS) is 2. The fourth-order valence-electron chi connectivity index (χ4n) is 2.79. The van der Waals surface area contributed by atoms with Gasteiger partial charge in [-0.2, -0.15) is 0 Å². The summed E-state index contributed by atoms with van der Waals surface area (Å²) in [7, 11) is 0. The summed E-state index contributed by atoms with van der Waals surface area (Å²) in [5.74, 6) is -4.52. The number of imidazole rings is 1. The first kappa shape index (κ1) is 23.9. The zero-order valence-corrected chi connectivity index (χ0v) is 15.9. The molecule has 0 aliphatic rings. The van der Waals surface area contributed by atoms with Gasteiger partial charge >= 0.3 is 17.8 Å². The summed E-state index contributed by atoms with van der Waals surface area (Å²) in [5.41, 5.74) is 5.76. The minimum atomic E-state index is -1.37. The van der Waals surface area contributed by atoms with Crippen LogP contribution in [-0.2, 0) is 25.7 Å². The first-order valence-corrected chi connectivity index (χ1v) is 8.94. The predicted molar refractivity (Wildman–Crippen MR) is 98.1 cm³/mol. The first-order chi connectivity index (χ1) is 13.5. The summed E-state index contributed by atoms with van der Waals surface area (Å²) in [6, 6.07) is -0.930. The number of carboxylic acids is 2. The van der Waals surface area contributed by atoms with Gasteiger partial charge in [0, 0.05) is 26.2 Å². The molecule has 29 heavy (non-hydrogen) atoms. The molecule has 0 fully saturated rings. The summed E-state index contributed by atoms with van der Waals surface area (Å²) in [6.07, 6.45) is 0.282. The normalized spacial score (nSPS) is 12.9. The molecule has 0 spiro atoms. The number of carbonyl (C=O) groups is 4. The molecule has 1 aromatic rings. The number of aliphatic carboxylic acids is 2. The van der Waals surface area contributed by atoms with E-state index in [0.29, 0.717) is 12.2 Å². The van der Waals surface area contributed by atoms with Gasteiger partial charge in [-0.3, -0.25) is 19.2 Å². The number of nitro groups is 1. The Bertz CT molecular complexity index is 788. The Morgan fingerprint density at radius 3 is 2.45 bits per heavy atom. The monoisotopic (exact) mass is 412 g/mol. The van der Waals surface area contributed by atoms with Gasteiger partial charge in [-0.1, -0.05) is 0 Å². The van der Waals surface area contributed by atoms with Gasteiger partial charge in [0.25, 0.3) is 0 Å². The Morgan fingerprint density at radius 2 is 1.90 bits per heavy atom. The smallest absolute Gasteiger partial charge is 0.342 e. The zero-order chi connectivity index (χ0) is 22.1. The Kier molecular flexibility index (Phi) is 9.06. The number of Topliss-reactive ketones (excluding diaryl/α,β-unsaturated/α-hetero) is 2. The molecule has 0 aliphatic heterocycles. The molecular formula is C17H24N4O8. The van der Waals surface area contributed by atoms with Crippen LogP contribution in [-0.4, -0.2) is 54.2 Å². The largest absolute Gasteiger partial charge is 0.481 e. The van der Waals surface area contributed by atoms with Crippen LogP contribution in [0.3, 0.4) is 0 Å². The third-order valence-electron chi connectivity index (χ3n) is 4.42. The molecule has 160 valence electrons. The van der Waals surface area contributed by atoms with Crippen LogP contribution in [0.4, 0.5) is 5.82 Å². The molecule has 0 amide bonds. The third kappa shape index (κ3) is 7.78. The van der Waals surface area contributed by atoms with Crippen molar-refractivity contribution in [2.24, 2.45) is 11.7 Å². The highest BCUT2D eigenvalue weighted by molar-refractivity contribution is 5.87. The van der Waals surface area contributed by atoms with Crippen LogP contribution in [0.25, 0.3) is 0 Å². The Morgan fingerprint density at radius 1 is 1.24 bits per heavy atom.